The molecular formula is C16H10Cl2N6O4S3. The molecule has 10 nitrogen and oxygen atoms in total. The van der Waals surface area contributed by atoms with Gasteiger partial charge in [-0.3, -0.25) is 10.1 Å². The van der Waals surface area contributed by atoms with Crippen molar-refractivity contribution in [3.05, 3.63) is 57.2 Å². The Kier molecular flexibility index (Phi) is 6.31. The predicted octanol–water partition coefficient (Wildman–Crippen LogP) is 3.69. The molecule has 0 fully saturated rings. The van der Waals surface area contributed by atoms with Crippen LogP contribution in [0.1, 0.15) is 16.2 Å². The van der Waals surface area contributed by atoms with Gasteiger partial charge in [-0.05, 0) is 29.6 Å². The highest BCUT2D eigenvalue weighted by Crippen LogP contribution is 2.25. The van der Waals surface area contributed by atoms with Crippen LogP contribution in [0, 0.1) is 0 Å². The highest BCUT2D eigenvalue weighted by atomic mass is 35.5. The minimum Gasteiger partial charge on any atom is -0.337 e. The zero-order chi connectivity index (χ0) is 22.0. The lowest BCUT2D eigenvalue weighted by Crippen LogP contribution is -2.23. The van der Waals surface area contributed by atoms with Crippen molar-refractivity contribution >= 4 is 66.9 Å². The third-order valence-electron chi connectivity index (χ3n) is 3.66. The van der Waals surface area contributed by atoms with Crippen molar-refractivity contribution in [2.75, 3.05) is 5.32 Å². The van der Waals surface area contributed by atoms with Crippen molar-refractivity contribution in [2.24, 2.45) is 0 Å². The van der Waals surface area contributed by atoms with Gasteiger partial charge in [0.15, 0.2) is 0 Å². The van der Waals surface area contributed by atoms with Crippen molar-refractivity contribution in [2.45, 2.75) is 10.9 Å². The maximum absolute atomic E-state index is 12.5. The number of benzene rings is 1. The molecular weight excluding hydrogens is 507 g/mol. The highest BCUT2D eigenvalue weighted by Gasteiger charge is 2.23. The summed E-state index contributed by atoms with van der Waals surface area (Å²) >= 11 is 13.9. The highest BCUT2D eigenvalue weighted by molar-refractivity contribution is 7.91. The first kappa shape index (κ1) is 21.8. The fourth-order valence-electron chi connectivity index (χ4n) is 2.26. The topological polar surface area (TPSA) is 140 Å². The van der Waals surface area contributed by atoms with Crippen LogP contribution in [-0.2, 0) is 16.6 Å². The molecule has 0 saturated heterocycles. The molecule has 160 valence electrons. The van der Waals surface area contributed by atoms with Crippen LogP contribution in [0.15, 0.2) is 44.6 Å². The van der Waals surface area contributed by atoms with Crippen LogP contribution < -0.4 is 10.0 Å². The van der Waals surface area contributed by atoms with Crippen LogP contribution in [0.2, 0.25) is 10.0 Å². The Hall–Kier alpha value is -2.42. The Balaban J connectivity index is 1.41. The average molecular weight is 517 g/mol. The quantitative estimate of drug-likeness (QED) is 0.354. The van der Waals surface area contributed by atoms with Crippen LogP contribution in [0.4, 0.5) is 5.13 Å². The molecule has 0 aliphatic heterocycles. The third-order valence-corrected chi connectivity index (χ3v) is 7.68. The molecule has 4 rings (SSSR count). The van der Waals surface area contributed by atoms with E-state index in [0.29, 0.717) is 22.2 Å². The maximum Gasteiger partial charge on any atom is 0.270 e. The van der Waals surface area contributed by atoms with Gasteiger partial charge in [0.05, 0.1) is 22.0 Å². The van der Waals surface area contributed by atoms with Gasteiger partial charge in [-0.25, -0.2) is 8.42 Å². The summed E-state index contributed by atoms with van der Waals surface area (Å²) in [5.41, 5.74) is 0.154. The number of aromatic nitrogens is 4. The summed E-state index contributed by atoms with van der Waals surface area (Å²) in [5.74, 6) is -0.130. The Bertz CT molecular complexity index is 1340. The Morgan fingerprint density at radius 1 is 1.19 bits per heavy atom. The van der Waals surface area contributed by atoms with Crippen molar-refractivity contribution in [3.8, 4) is 10.7 Å². The SMILES string of the molecule is O=C(Nc1nnc(S(=O)(=O)NCc2nc(-c3cccs3)no2)s1)c1ccc(Cl)cc1Cl. The molecule has 0 unspecified atom stereocenters. The van der Waals surface area contributed by atoms with E-state index in [1.54, 1.807) is 0 Å². The van der Waals surface area contributed by atoms with Crippen molar-refractivity contribution in [1.29, 1.82) is 0 Å². The minimum atomic E-state index is -4.02. The van der Waals surface area contributed by atoms with Gasteiger partial charge >= 0.3 is 0 Å². The first-order valence-electron chi connectivity index (χ1n) is 8.28. The van der Waals surface area contributed by atoms with E-state index in [1.165, 1.54) is 29.5 Å². The standard InChI is InChI=1S/C16H10Cl2N6O4S3/c17-8-3-4-9(10(18)6-8)14(25)21-15-22-23-16(30-15)31(26,27)19-7-12-20-13(24-28-12)11-2-1-5-29-11/h1-6,19H,7H2,(H,21,22,25). The molecule has 1 amide bonds. The number of carbonyl (C=O) groups excluding carboxylic acids is 1. The number of halogens is 2. The molecule has 2 N–H and O–H groups in total. The normalized spacial score (nSPS) is 11.5. The number of hydrogen-bond acceptors (Lipinski definition) is 10. The molecule has 0 aliphatic rings. The molecule has 31 heavy (non-hydrogen) atoms. The van der Waals surface area contributed by atoms with Crippen LogP contribution in [0.5, 0.6) is 0 Å². The van der Waals surface area contributed by atoms with Crippen LogP contribution in [0.25, 0.3) is 10.7 Å². The van der Waals surface area contributed by atoms with E-state index in [1.807, 2.05) is 17.5 Å². The molecule has 3 aromatic heterocycles. The predicted molar refractivity (Wildman–Crippen MR) is 116 cm³/mol. The lowest BCUT2D eigenvalue weighted by Gasteiger charge is -2.03. The van der Waals surface area contributed by atoms with Gasteiger partial charge in [0, 0.05) is 5.02 Å². The summed E-state index contributed by atoms with van der Waals surface area (Å²) in [4.78, 5) is 17.3. The largest absolute Gasteiger partial charge is 0.337 e. The number of sulfonamides is 1. The van der Waals surface area contributed by atoms with E-state index in [9.17, 15) is 13.2 Å². The number of nitrogens with one attached hydrogen (secondary N) is 2. The fourth-order valence-corrected chi connectivity index (χ4v) is 5.31. The summed E-state index contributed by atoms with van der Waals surface area (Å²) in [6.07, 6.45) is 0. The number of amides is 1. The summed E-state index contributed by atoms with van der Waals surface area (Å²) in [7, 11) is -4.02. The number of rotatable bonds is 7. The second-order valence-corrected chi connectivity index (χ2v) is 10.5. The van der Waals surface area contributed by atoms with Gasteiger partial charge in [0.1, 0.15) is 0 Å². The Labute approximate surface area is 193 Å². The summed E-state index contributed by atoms with van der Waals surface area (Å²) in [6.45, 7) is -0.234. The summed E-state index contributed by atoms with van der Waals surface area (Å²) < 4.78 is 31.9. The lowest BCUT2D eigenvalue weighted by atomic mass is 10.2. The fraction of sp³-hybridized carbons (Fsp3) is 0.0625. The van der Waals surface area contributed by atoms with E-state index in [0.717, 1.165) is 4.88 Å². The van der Waals surface area contributed by atoms with Gasteiger partial charge in [-0.2, -0.15) is 9.71 Å². The molecule has 1 aromatic carbocycles. The zero-order valence-electron chi connectivity index (χ0n) is 15.1. The van der Waals surface area contributed by atoms with Gasteiger partial charge in [0.2, 0.25) is 21.2 Å². The van der Waals surface area contributed by atoms with E-state index < -0.39 is 15.9 Å². The Morgan fingerprint density at radius 2 is 2.03 bits per heavy atom. The molecule has 0 aliphatic carbocycles. The number of anilines is 1. The summed E-state index contributed by atoms with van der Waals surface area (Å²) in [5, 5.41) is 15.9. The maximum atomic E-state index is 12.5. The van der Waals surface area contributed by atoms with E-state index in [2.05, 4.69) is 30.4 Å². The van der Waals surface area contributed by atoms with E-state index in [-0.39, 0.29) is 32.5 Å². The lowest BCUT2D eigenvalue weighted by molar-refractivity contribution is 0.102. The van der Waals surface area contributed by atoms with E-state index in [4.69, 9.17) is 27.7 Å². The molecule has 3 heterocycles. The number of thiophene rings is 1. The zero-order valence-corrected chi connectivity index (χ0v) is 19.0. The van der Waals surface area contributed by atoms with Crippen LogP contribution >= 0.6 is 45.9 Å². The second-order valence-electron chi connectivity index (χ2n) is 5.76. The minimum absolute atomic E-state index is 0.0193. The Morgan fingerprint density at radius 3 is 2.77 bits per heavy atom. The van der Waals surface area contributed by atoms with Gasteiger partial charge in [-0.15, -0.1) is 21.5 Å². The van der Waals surface area contributed by atoms with Gasteiger partial charge in [-0.1, -0.05) is 45.8 Å². The van der Waals surface area contributed by atoms with Crippen molar-refractivity contribution in [3.63, 3.8) is 0 Å². The van der Waals surface area contributed by atoms with Gasteiger partial charge < -0.3 is 4.52 Å². The molecule has 0 saturated carbocycles. The van der Waals surface area contributed by atoms with Crippen LogP contribution in [0.3, 0.4) is 0 Å². The van der Waals surface area contributed by atoms with Gasteiger partial charge in [0.25, 0.3) is 15.9 Å². The average Bonchev–Trinajstić information content (AvgIpc) is 3.47. The van der Waals surface area contributed by atoms with Crippen molar-refractivity contribution in [1.82, 2.24) is 25.1 Å². The molecule has 0 bridgehead atoms. The monoisotopic (exact) mass is 516 g/mol. The summed E-state index contributed by atoms with van der Waals surface area (Å²) in [6, 6.07) is 8.02. The van der Waals surface area contributed by atoms with Crippen LogP contribution in [-0.4, -0.2) is 34.7 Å². The molecule has 0 spiro atoms. The third kappa shape index (κ3) is 5.08. The first-order chi connectivity index (χ1) is 14.8. The molecule has 15 heteroatoms. The number of hydrogen-bond donors (Lipinski definition) is 2. The molecule has 4 aromatic rings. The number of nitrogens with zero attached hydrogens (tertiary/aromatic N) is 4. The van der Waals surface area contributed by atoms with E-state index >= 15 is 0 Å². The van der Waals surface area contributed by atoms with Crippen molar-refractivity contribution < 1.29 is 17.7 Å². The molecule has 0 atom stereocenters. The first-order valence-corrected chi connectivity index (χ1v) is 12.2. The number of carbonyl (C=O) groups is 1. The second kappa shape index (κ2) is 8.98. The molecule has 0 radical (unpaired) electrons. The smallest absolute Gasteiger partial charge is 0.270 e.